The molecule has 0 saturated heterocycles. The molecular weight excluding hydrogens is 403 g/mol. The fourth-order valence-corrected chi connectivity index (χ4v) is 6.81. The number of rotatable bonds is 11. The van der Waals surface area contributed by atoms with Crippen molar-refractivity contribution in [2.75, 3.05) is 6.61 Å². The Labute approximate surface area is 177 Å². The molecule has 2 fully saturated rings. The SMILES string of the molecule is CCCCCC[C@H]1CC[C@H]([C@H]2CC[C@H](OCCC[Si](Cl)(Cl)Cl)CC2)CC1. The number of unbranched alkanes of at least 4 members (excludes halogenated alkanes) is 3. The van der Waals surface area contributed by atoms with E-state index in [0.29, 0.717) is 12.1 Å². The van der Waals surface area contributed by atoms with E-state index in [-0.39, 0.29) is 0 Å². The Kier molecular flexibility index (Phi) is 11.3. The van der Waals surface area contributed by atoms with Crippen LogP contribution in [-0.4, -0.2) is 18.7 Å². The summed E-state index contributed by atoms with van der Waals surface area (Å²) in [7, 11) is 0. The molecule has 0 aliphatic heterocycles. The lowest BCUT2D eigenvalue weighted by molar-refractivity contribution is 0.00726. The monoisotopic (exact) mass is 440 g/mol. The van der Waals surface area contributed by atoms with Crippen LogP contribution in [0.1, 0.15) is 96.8 Å². The summed E-state index contributed by atoms with van der Waals surface area (Å²) >= 11 is 17.8. The first-order chi connectivity index (χ1) is 12.5. The standard InChI is InChI=1S/C21H39Cl3OSi/c1-2-3-4-5-7-18-8-10-19(11-9-18)20-12-14-21(15-13-20)25-16-6-17-26(22,23)24/h18-21H,2-17H2,1H3/t18-,19-,20-,21-. The van der Waals surface area contributed by atoms with Gasteiger partial charge in [0.1, 0.15) is 0 Å². The van der Waals surface area contributed by atoms with E-state index in [1.165, 1.54) is 83.5 Å². The van der Waals surface area contributed by atoms with Crippen LogP contribution in [0, 0.1) is 17.8 Å². The zero-order valence-corrected chi connectivity index (χ0v) is 19.9. The highest BCUT2D eigenvalue weighted by molar-refractivity contribution is 7.64. The highest BCUT2D eigenvalue weighted by atomic mass is 35.8. The van der Waals surface area contributed by atoms with Crippen molar-refractivity contribution in [1.82, 2.24) is 0 Å². The Hall–Kier alpha value is 1.05. The van der Waals surface area contributed by atoms with Gasteiger partial charge in [-0.1, -0.05) is 51.9 Å². The molecule has 0 aromatic carbocycles. The van der Waals surface area contributed by atoms with Gasteiger partial charge in [0.15, 0.2) is 0 Å². The second-order valence-electron chi connectivity index (χ2n) is 8.76. The topological polar surface area (TPSA) is 9.23 Å². The summed E-state index contributed by atoms with van der Waals surface area (Å²) in [5.41, 5.74) is 0. The first-order valence-corrected chi connectivity index (χ1v) is 16.4. The molecule has 0 atom stereocenters. The molecule has 0 amide bonds. The van der Waals surface area contributed by atoms with Crippen LogP contribution in [0.5, 0.6) is 0 Å². The average Bonchev–Trinajstić information content (AvgIpc) is 2.63. The van der Waals surface area contributed by atoms with Crippen LogP contribution in [-0.2, 0) is 4.74 Å². The molecule has 0 heterocycles. The van der Waals surface area contributed by atoms with Crippen molar-refractivity contribution in [3.63, 3.8) is 0 Å². The Morgan fingerprint density at radius 3 is 1.96 bits per heavy atom. The van der Waals surface area contributed by atoms with Crippen LogP contribution in [0.2, 0.25) is 6.04 Å². The minimum Gasteiger partial charge on any atom is -0.378 e. The maximum absolute atomic E-state index is 6.04. The van der Waals surface area contributed by atoms with Gasteiger partial charge >= 0.3 is 6.00 Å². The predicted molar refractivity (Wildman–Crippen MR) is 119 cm³/mol. The minimum atomic E-state index is -2.46. The van der Waals surface area contributed by atoms with Gasteiger partial charge in [0.25, 0.3) is 0 Å². The second-order valence-corrected chi connectivity index (χ2v) is 18.0. The van der Waals surface area contributed by atoms with Crippen LogP contribution in [0.4, 0.5) is 0 Å². The number of hydrogen-bond acceptors (Lipinski definition) is 1. The largest absolute Gasteiger partial charge is 0.378 e. The lowest BCUT2D eigenvalue weighted by atomic mass is 9.70. The molecule has 0 N–H and O–H groups in total. The van der Waals surface area contributed by atoms with E-state index in [9.17, 15) is 0 Å². The van der Waals surface area contributed by atoms with Gasteiger partial charge in [0.05, 0.1) is 6.10 Å². The Morgan fingerprint density at radius 2 is 1.38 bits per heavy atom. The summed E-state index contributed by atoms with van der Waals surface area (Å²) in [5.74, 6) is 2.99. The van der Waals surface area contributed by atoms with Crippen molar-refractivity contribution in [2.24, 2.45) is 17.8 Å². The molecule has 154 valence electrons. The first-order valence-electron chi connectivity index (χ1n) is 11.2. The Morgan fingerprint density at radius 1 is 0.769 bits per heavy atom. The van der Waals surface area contributed by atoms with Crippen molar-refractivity contribution in [1.29, 1.82) is 0 Å². The van der Waals surface area contributed by atoms with E-state index >= 15 is 0 Å². The molecule has 2 aliphatic rings. The van der Waals surface area contributed by atoms with E-state index < -0.39 is 6.00 Å². The van der Waals surface area contributed by atoms with Gasteiger partial charge in [-0.05, 0) is 68.7 Å². The molecule has 5 heteroatoms. The number of halogens is 3. The van der Waals surface area contributed by atoms with E-state index in [1.54, 1.807) is 0 Å². The fourth-order valence-electron chi connectivity index (χ4n) is 5.06. The Bertz CT molecular complexity index is 359. The third-order valence-corrected chi connectivity index (χ3v) is 9.32. The molecule has 26 heavy (non-hydrogen) atoms. The molecule has 2 saturated carbocycles. The lowest BCUT2D eigenvalue weighted by Crippen LogP contribution is -2.29. The number of hydrogen-bond donors (Lipinski definition) is 0. The molecule has 0 spiro atoms. The summed E-state index contributed by atoms with van der Waals surface area (Å²) in [4.78, 5) is 0. The van der Waals surface area contributed by atoms with Crippen molar-refractivity contribution in [2.45, 2.75) is 109 Å². The van der Waals surface area contributed by atoms with Crippen LogP contribution >= 0.6 is 33.2 Å². The molecule has 0 radical (unpaired) electrons. The van der Waals surface area contributed by atoms with E-state index in [2.05, 4.69) is 6.92 Å². The zero-order chi connectivity index (χ0) is 18.8. The van der Waals surface area contributed by atoms with Gasteiger partial charge in [-0.25, -0.2) is 0 Å². The molecule has 1 nitrogen and oxygen atoms in total. The summed E-state index contributed by atoms with van der Waals surface area (Å²) in [6, 6.07) is -1.74. The van der Waals surface area contributed by atoms with Crippen LogP contribution in [0.15, 0.2) is 0 Å². The minimum absolute atomic E-state index is 0.457. The Balaban J connectivity index is 1.53. The van der Waals surface area contributed by atoms with Crippen LogP contribution in [0.3, 0.4) is 0 Å². The molecule has 0 aromatic heterocycles. The molecule has 0 aromatic rings. The third-order valence-electron chi connectivity index (χ3n) is 6.70. The highest BCUT2D eigenvalue weighted by Crippen LogP contribution is 2.41. The van der Waals surface area contributed by atoms with Crippen molar-refractivity contribution in [3.8, 4) is 0 Å². The van der Waals surface area contributed by atoms with Crippen LogP contribution < -0.4 is 0 Å². The van der Waals surface area contributed by atoms with Crippen molar-refractivity contribution < 1.29 is 4.74 Å². The van der Waals surface area contributed by atoms with Gasteiger partial charge in [-0.2, -0.15) is 0 Å². The van der Waals surface area contributed by atoms with Crippen molar-refractivity contribution in [3.05, 3.63) is 0 Å². The van der Waals surface area contributed by atoms with Crippen LogP contribution in [0.25, 0.3) is 0 Å². The number of ether oxygens (including phenoxy) is 1. The van der Waals surface area contributed by atoms with Gasteiger partial charge in [-0.3, -0.25) is 0 Å². The summed E-state index contributed by atoms with van der Waals surface area (Å²) in [6.07, 6.45) is 19.7. The smallest absolute Gasteiger partial charge is 0.341 e. The highest BCUT2D eigenvalue weighted by Gasteiger charge is 2.31. The third kappa shape index (κ3) is 9.50. The maximum atomic E-state index is 6.04. The fraction of sp³-hybridized carbons (Fsp3) is 1.00. The molecular formula is C21H39Cl3OSi. The van der Waals surface area contributed by atoms with Gasteiger partial charge < -0.3 is 4.74 Å². The molecule has 0 bridgehead atoms. The average molecular weight is 442 g/mol. The van der Waals surface area contributed by atoms with Gasteiger partial charge in [0.2, 0.25) is 0 Å². The molecule has 2 rings (SSSR count). The zero-order valence-electron chi connectivity index (χ0n) is 16.7. The van der Waals surface area contributed by atoms with Crippen molar-refractivity contribution >= 4 is 39.2 Å². The normalized spacial score (nSPS) is 30.5. The quantitative estimate of drug-likeness (QED) is 0.178. The van der Waals surface area contributed by atoms with Gasteiger partial charge in [-0.15, -0.1) is 33.2 Å². The van der Waals surface area contributed by atoms with E-state index in [4.69, 9.17) is 38.0 Å². The van der Waals surface area contributed by atoms with E-state index in [0.717, 1.165) is 30.8 Å². The summed E-state index contributed by atoms with van der Waals surface area (Å²) in [5, 5.41) is 0. The maximum Gasteiger partial charge on any atom is 0.341 e. The molecule has 2 aliphatic carbocycles. The van der Waals surface area contributed by atoms with Gasteiger partial charge in [0, 0.05) is 6.61 Å². The second kappa shape index (κ2) is 12.6. The molecule has 0 unspecified atom stereocenters. The lowest BCUT2D eigenvalue weighted by Gasteiger charge is -2.38. The van der Waals surface area contributed by atoms with E-state index in [1.807, 2.05) is 0 Å². The first kappa shape index (κ1) is 23.3. The summed E-state index contributed by atoms with van der Waals surface area (Å²) in [6.45, 7) is 3.07. The predicted octanol–water partition coefficient (Wildman–Crippen LogP) is 8.38. The summed E-state index contributed by atoms with van der Waals surface area (Å²) < 4.78 is 6.04.